The first-order valence-electron chi connectivity index (χ1n) is 36.8. The highest BCUT2D eigenvalue weighted by molar-refractivity contribution is 5.90. The second kappa shape index (κ2) is 31.1. The number of benzene rings is 9. The minimum absolute atomic E-state index is 0.000689. The largest absolute Gasteiger partial charge is 0.435 e. The van der Waals surface area contributed by atoms with Crippen LogP contribution < -0.4 is 0 Å². The SMILES string of the molecule is Cc1c(F)c(F)c2nc(-c3nc(-c4nc5c(F)c(F)c(F)c(F)c5o4)nc(-c4nc5c(F)c(F)c(F)c(F)c5o4)n3)oc2c1F.Cc1cc2nc(-c3nc(-c4nc5cc(C(F)(F)F)c(C)cc5o4)nc(-c4nc5cc(C(F)(F)F)c(F)cc5o4)n3)oc2cc1F.[C-]#[N+]c1cc2oc(-c3nc(-c4nc5cc(C#N)c(C)cc5o4)nc(-c4nc5cc([N+]#[C-])c([N+]#[C-])cc5o4)n3)nc2cc1C#N. The quantitative estimate of drug-likeness (QED) is 0.0560. The first-order chi connectivity index (χ1) is 63.8. The average Bonchev–Trinajstić information content (AvgIpc) is 1.61. The van der Waals surface area contributed by atoms with Crippen LogP contribution in [-0.4, -0.2) is 89.7 Å². The Bertz CT molecular complexity index is 8190. The summed E-state index contributed by atoms with van der Waals surface area (Å²) in [5.41, 5.74) is -7.33. The molecule has 0 amide bonds. The summed E-state index contributed by atoms with van der Waals surface area (Å²) < 4.78 is 314. The molecule has 0 saturated heterocycles. The van der Waals surface area contributed by atoms with Crippen LogP contribution in [0, 0.1) is 146 Å². The summed E-state index contributed by atoms with van der Waals surface area (Å²) in [5, 5.41) is 18.9. The van der Waals surface area contributed by atoms with Crippen molar-refractivity contribution in [3.05, 3.63) is 227 Å². The minimum Gasteiger partial charge on any atom is -0.435 e. The molecule has 0 radical (unpaired) electrons. The molecule has 134 heavy (non-hydrogen) atoms. The Morgan fingerprint density at radius 2 is 0.545 bits per heavy atom. The zero-order valence-corrected chi connectivity index (χ0v) is 65.6. The van der Waals surface area contributed by atoms with E-state index in [1.54, 1.807) is 19.1 Å². The first-order valence-corrected chi connectivity index (χ1v) is 36.8. The van der Waals surface area contributed by atoms with Crippen molar-refractivity contribution in [3.63, 3.8) is 0 Å². The van der Waals surface area contributed by atoms with Crippen molar-refractivity contribution >= 4 is 117 Å². The molecule has 51 heteroatoms. The molecule has 0 aliphatic rings. The molecule has 21 aromatic rings. The van der Waals surface area contributed by atoms with Gasteiger partial charge in [-0.15, -0.1) is 0 Å². The molecule has 0 bridgehead atoms. The van der Waals surface area contributed by atoms with E-state index in [9.17, 15) is 93.9 Å². The van der Waals surface area contributed by atoms with E-state index in [2.05, 4.69) is 110 Å². The van der Waals surface area contributed by atoms with E-state index in [1.165, 1.54) is 44.2 Å². The zero-order valence-electron chi connectivity index (χ0n) is 65.6. The maximum absolute atomic E-state index is 14.7. The van der Waals surface area contributed by atoms with Crippen LogP contribution >= 0.6 is 0 Å². The van der Waals surface area contributed by atoms with Gasteiger partial charge in [-0.25, -0.2) is 103 Å². The summed E-state index contributed by atoms with van der Waals surface area (Å²) in [4.78, 5) is 83.5. The van der Waals surface area contributed by atoms with Gasteiger partial charge in [-0.05, 0) is 105 Å². The molecular formula is C83H24F19N23O9. The van der Waals surface area contributed by atoms with Crippen molar-refractivity contribution < 1.29 is 123 Å². The van der Waals surface area contributed by atoms with E-state index in [4.69, 9.17) is 59.5 Å². The van der Waals surface area contributed by atoms with Crippen LogP contribution in [-0.2, 0) is 12.4 Å². The maximum atomic E-state index is 14.7. The van der Waals surface area contributed by atoms with Crippen molar-refractivity contribution in [3.8, 4) is 118 Å². The summed E-state index contributed by atoms with van der Waals surface area (Å²) in [7, 11) is 0. The Morgan fingerprint density at radius 1 is 0.261 bits per heavy atom. The maximum Gasteiger partial charge on any atom is 0.419 e. The lowest BCUT2D eigenvalue weighted by Gasteiger charge is -2.08. The standard InChI is InChI=1S/C30H9N11O3.C28H12F8N6O3.C25H3F11N6O3/c1-13-5-22-19(6-14(13)11-31)36-28(42-22)25-39-26(29-37-20-7-15(12-32)16(33-2)9-23(20)43-29)41-27(40-25)30-38-21-8-17(34-3)18(35-4)10-24(21)44-30;1-9-4-18-16(5-11(9)27(31,32)33)38-25(43-18)22-40-21(24-37-15-3-10(2)13(29)7-19(15)44-24)41-23(42-22)26-39-17-6-12(28(34,35)36)14(30)8-20(17)45-26;1-2-3(26)9(32)14-17(4(2)27)43-23(37-14)20-40-21(24-38-15-10(33)5(28)7(30)12(35)18(15)44-24)42-22(41-20)25-39-16-11(34)6(29)8(31)13(36)19(16)45-25/h5-10H,1H3;3-8H,1-2H3;1H3. The number of hydrogen-bond acceptors (Lipinski definition) is 29. The molecule has 658 valence electrons. The fraction of sp³-hybridized carbons (Fsp3) is 0.0723. The van der Waals surface area contributed by atoms with Gasteiger partial charge in [0.25, 0.3) is 53.0 Å². The number of hydrogen-bond donors (Lipinski definition) is 0. The third-order valence-electron chi connectivity index (χ3n) is 19.6. The molecule has 0 atom stereocenters. The predicted octanol–water partition coefficient (Wildman–Crippen LogP) is 22.4. The normalized spacial score (nSPS) is 11.8. The van der Waals surface area contributed by atoms with Crippen LogP contribution in [0.15, 0.2) is 113 Å². The molecule has 0 unspecified atom stereocenters. The molecular weight excluding hydrogens is 1820 g/mol. The van der Waals surface area contributed by atoms with E-state index in [0.717, 1.165) is 25.1 Å². The first kappa shape index (κ1) is 84.8. The second-order valence-electron chi connectivity index (χ2n) is 28.0. The monoisotopic (exact) mass is 1850 g/mol. The zero-order chi connectivity index (χ0) is 94.8. The number of aryl methyl sites for hydroxylation is 3. The summed E-state index contributed by atoms with van der Waals surface area (Å²) in [6, 6.07) is 18.4. The number of nitrogens with zero attached hydrogens (tertiary/aromatic N) is 23. The van der Waals surface area contributed by atoms with Gasteiger partial charge in [-0.2, -0.15) is 90.5 Å². The lowest BCUT2D eigenvalue weighted by atomic mass is 10.1. The summed E-state index contributed by atoms with van der Waals surface area (Å²) in [5.74, 6) is -32.2. The van der Waals surface area contributed by atoms with Gasteiger partial charge in [0.2, 0.25) is 81.4 Å². The van der Waals surface area contributed by atoms with Crippen LogP contribution in [0.5, 0.6) is 0 Å². The number of fused-ring (bicyclic) bond motifs is 9. The molecule has 32 nitrogen and oxygen atoms in total. The van der Waals surface area contributed by atoms with E-state index >= 15 is 0 Å². The Kier molecular flexibility index (Phi) is 19.7. The van der Waals surface area contributed by atoms with Crippen LogP contribution in [0.3, 0.4) is 0 Å². The highest BCUT2D eigenvalue weighted by Gasteiger charge is 2.39. The topological polar surface area (TPSA) is 411 Å². The second-order valence-corrected chi connectivity index (χ2v) is 28.0. The van der Waals surface area contributed by atoms with Crippen LogP contribution in [0.2, 0.25) is 0 Å². The number of nitriles is 2. The third kappa shape index (κ3) is 14.4. The van der Waals surface area contributed by atoms with Gasteiger partial charge in [0.15, 0.2) is 108 Å². The summed E-state index contributed by atoms with van der Waals surface area (Å²) in [6.45, 7) is 27.5. The summed E-state index contributed by atoms with van der Waals surface area (Å²) in [6.07, 6.45) is -9.69. The number of alkyl halides is 6. The van der Waals surface area contributed by atoms with Gasteiger partial charge >= 0.3 is 12.4 Å². The molecule has 0 aliphatic carbocycles. The Hall–Kier alpha value is -18.6. The van der Waals surface area contributed by atoms with Crippen molar-refractivity contribution in [2.45, 2.75) is 40.0 Å². The van der Waals surface area contributed by atoms with E-state index in [0.29, 0.717) is 45.4 Å². The van der Waals surface area contributed by atoms with Gasteiger partial charge in [0, 0.05) is 17.7 Å². The molecule has 0 aliphatic heterocycles. The molecule has 0 fully saturated rings. The van der Waals surface area contributed by atoms with Gasteiger partial charge < -0.3 is 39.8 Å². The Labute approximate surface area is 722 Å². The fourth-order valence-electron chi connectivity index (χ4n) is 13.1. The predicted molar refractivity (Wildman–Crippen MR) is 413 cm³/mol. The van der Waals surface area contributed by atoms with Crippen LogP contribution in [0.25, 0.3) is 220 Å². The Morgan fingerprint density at radius 3 is 0.918 bits per heavy atom. The highest BCUT2D eigenvalue weighted by Crippen LogP contribution is 2.44. The number of aromatic nitrogens is 18. The fourth-order valence-corrected chi connectivity index (χ4v) is 13.1. The van der Waals surface area contributed by atoms with E-state index in [1.807, 2.05) is 6.07 Å². The molecule has 0 saturated carbocycles. The average molecular weight is 1850 g/mol. The third-order valence-corrected chi connectivity index (χ3v) is 19.6. The minimum atomic E-state index is -5.02. The number of rotatable bonds is 9. The van der Waals surface area contributed by atoms with Crippen molar-refractivity contribution in [2.24, 2.45) is 0 Å². The smallest absolute Gasteiger partial charge is 0.419 e. The van der Waals surface area contributed by atoms with Crippen LogP contribution in [0.4, 0.5) is 100 Å². The number of oxazole rings is 9. The van der Waals surface area contributed by atoms with Gasteiger partial charge in [0.1, 0.15) is 50.4 Å². The lowest BCUT2D eigenvalue weighted by molar-refractivity contribution is -0.140. The molecule has 21 rings (SSSR count). The Balaban J connectivity index is 0.000000129. The summed E-state index contributed by atoms with van der Waals surface area (Å²) >= 11 is 0. The molecule has 0 N–H and O–H groups in total. The number of halogens is 19. The van der Waals surface area contributed by atoms with E-state index in [-0.39, 0.29) is 137 Å². The molecule has 0 spiro atoms. The van der Waals surface area contributed by atoms with Crippen LogP contribution in [0.1, 0.15) is 44.5 Å². The molecule has 12 heterocycles. The van der Waals surface area contributed by atoms with Gasteiger partial charge in [-0.1, -0.05) is 0 Å². The highest BCUT2D eigenvalue weighted by atomic mass is 19.4. The molecule has 12 aromatic heterocycles. The van der Waals surface area contributed by atoms with Gasteiger partial charge in [0.05, 0.1) is 59.6 Å². The van der Waals surface area contributed by atoms with Gasteiger partial charge in [-0.3, -0.25) is 4.85 Å². The van der Waals surface area contributed by atoms with Crippen molar-refractivity contribution in [2.75, 3.05) is 0 Å². The van der Waals surface area contributed by atoms with Crippen molar-refractivity contribution in [1.82, 2.24) is 89.7 Å². The van der Waals surface area contributed by atoms with Crippen molar-refractivity contribution in [1.29, 1.82) is 10.5 Å². The molecule has 9 aromatic carbocycles. The van der Waals surface area contributed by atoms with E-state index < -0.39 is 185 Å². The lowest BCUT2D eigenvalue weighted by Crippen LogP contribution is -2.07.